The molecule has 1 aromatic carbocycles. The molecule has 0 atom stereocenters. The van der Waals surface area contributed by atoms with E-state index in [4.69, 9.17) is 11.6 Å². The highest BCUT2D eigenvalue weighted by molar-refractivity contribution is 6.30. The van der Waals surface area contributed by atoms with E-state index >= 15 is 0 Å². The maximum atomic E-state index is 12.1. The molecule has 1 aromatic heterocycles. The van der Waals surface area contributed by atoms with Crippen LogP contribution in [0.3, 0.4) is 0 Å². The standard InChI is InChI=1S/C17H20ClN3O/c1-2-3-4-11-19-16-10-5-13(12-20-16)17(22)21-15-8-6-14(18)7-9-15/h5-10,12H,2-4,11H2,1H3,(H,19,20)(H,21,22). The molecule has 0 saturated heterocycles. The molecule has 2 aromatic rings. The van der Waals surface area contributed by atoms with Crippen molar-refractivity contribution < 1.29 is 4.79 Å². The SMILES string of the molecule is CCCCCNc1ccc(C(=O)Nc2ccc(Cl)cc2)cn1. The zero-order chi connectivity index (χ0) is 15.8. The third-order valence-corrected chi connectivity index (χ3v) is 3.47. The average molecular weight is 318 g/mol. The van der Waals surface area contributed by atoms with Gasteiger partial charge in [0.15, 0.2) is 0 Å². The number of nitrogens with one attached hydrogen (secondary N) is 2. The molecule has 2 N–H and O–H groups in total. The molecule has 5 heteroatoms. The Hall–Kier alpha value is -2.07. The summed E-state index contributed by atoms with van der Waals surface area (Å²) in [5.41, 5.74) is 1.23. The molecule has 0 fully saturated rings. The highest BCUT2D eigenvalue weighted by Gasteiger charge is 2.06. The Morgan fingerprint density at radius 3 is 2.55 bits per heavy atom. The predicted octanol–water partition coefficient (Wildman–Crippen LogP) is 4.59. The van der Waals surface area contributed by atoms with Gasteiger partial charge in [-0.25, -0.2) is 4.98 Å². The summed E-state index contributed by atoms with van der Waals surface area (Å²) in [5.74, 6) is 0.603. The van der Waals surface area contributed by atoms with Gasteiger partial charge in [-0.2, -0.15) is 0 Å². The molecule has 0 saturated carbocycles. The van der Waals surface area contributed by atoms with Crippen LogP contribution in [0.2, 0.25) is 5.02 Å². The van der Waals surface area contributed by atoms with Gasteiger partial charge in [0.05, 0.1) is 5.56 Å². The van der Waals surface area contributed by atoms with Gasteiger partial charge in [-0.3, -0.25) is 4.79 Å². The normalized spacial score (nSPS) is 10.3. The Morgan fingerprint density at radius 1 is 1.14 bits per heavy atom. The first-order valence-electron chi connectivity index (χ1n) is 7.46. The van der Waals surface area contributed by atoms with Crippen molar-refractivity contribution in [2.45, 2.75) is 26.2 Å². The number of aromatic nitrogens is 1. The lowest BCUT2D eigenvalue weighted by atomic mass is 10.2. The summed E-state index contributed by atoms with van der Waals surface area (Å²) < 4.78 is 0. The number of hydrogen-bond donors (Lipinski definition) is 2. The molecule has 0 spiro atoms. The fraction of sp³-hybridized carbons (Fsp3) is 0.294. The van der Waals surface area contributed by atoms with Crippen LogP contribution in [-0.2, 0) is 0 Å². The molecule has 1 amide bonds. The molecule has 0 aliphatic carbocycles. The number of hydrogen-bond acceptors (Lipinski definition) is 3. The number of carbonyl (C=O) groups excluding carboxylic acids is 1. The summed E-state index contributed by atoms with van der Waals surface area (Å²) in [7, 11) is 0. The van der Waals surface area contributed by atoms with Gasteiger partial charge in [-0.1, -0.05) is 31.4 Å². The number of pyridine rings is 1. The first kappa shape index (κ1) is 16.3. The summed E-state index contributed by atoms with van der Waals surface area (Å²) in [6.45, 7) is 3.07. The van der Waals surface area contributed by atoms with Crippen LogP contribution in [0.5, 0.6) is 0 Å². The predicted molar refractivity (Wildman–Crippen MR) is 91.7 cm³/mol. The summed E-state index contributed by atoms with van der Waals surface area (Å²) in [6, 6.07) is 10.6. The summed E-state index contributed by atoms with van der Waals surface area (Å²) in [5, 5.41) is 6.69. The van der Waals surface area contributed by atoms with Crippen molar-refractivity contribution >= 4 is 29.0 Å². The molecule has 22 heavy (non-hydrogen) atoms. The first-order chi connectivity index (χ1) is 10.7. The van der Waals surface area contributed by atoms with Gasteiger partial charge in [-0.15, -0.1) is 0 Å². The summed E-state index contributed by atoms with van der Waals surface area (Å²) in [4.78, 5) is 16.4. The van der Waals surface area contributed by atoms with Gasteiger partial charge in [0.2, 0.25) is 0 Å². The fourth-order valence-corrected chi connectivity index (χ4v) is 2.09. The number of carbonyl (C=O) groups is 1. The Kier molecular flexibility index (Phi) is 6.22. The van der Waals surface area contributed by atoms with Crippen molar-refractivity contribution in [1.82, 2.24) is 4.98 Å². The second kappa shape index (κ2) is 8.39. The van der Waals surface area contributed by atoms with Gasteiger partial charge in [0.25, 0.3) is 5.91 Å². The van der Waals surface area contributed by atoms with Crippen molar-refractivity contribution in [3.63, 3.8) is 0 Å². The van der Waals surface area contributed by atoms with E-state index in [9.17, 15) is 4.79 Å². The van der Waals surface area contributed by atoms with Crippen LogP contribution in [0.4, 0.5) is 11.5 Å². The van der Waals surface area contributed by atoms with Crippen molar-refractivity contribution in [3.05, 3.63) is 53.2 Å². The third-order valence-electron chi connectivity index (χ3n) is 3.21. The molecule has 0 bridgehead atoms. The van der Waals surface area contributed by atoms with E-state index < -0.39 is 0 Å². The van der Waals surface area contributed by atoms with Crippen LogP contribution in [-0.4, -0.2) is 17.4 Å². The first-order valence-corrected chi connectivity index (χ1v) is 7.83. The third kappa shape index (κ3) is 5.04. The molecule has 0 aliphatic heterocycles. The molecular weight excluding hydrogens is 298 g/mol. The number of halogens is 1. The minimum atomic E-state index is -0.188. The zero-order valence-corrected chi connectivity index (χ0v) is 13.4. The minimum absolute atomic E-state index is 0.188. The number of anilines is 2. The van der Waals surface area contributed by atoms with Crippen molar-refractivity contribution in [3.8, 4) is 0 Å². The molecule has 4 nitrogen and oxygen atoms in total. The summed E-state index contributed by atoms with van der Waals surface area (Å²) in [6.07, 6.45) is 5.10. The van der Waals surface area contributed by atoms with Crippen LogP contribution >= 0.6 is 11.6 Å². The lowest BCUT2D eigenvalue weighted by molar-refractivity contribution is 0.102. The minimum Gasteiger partial charge on any atom is -0.370 e. The average Bonchev–Trinajstić information content (AvgIpc) is 2.54. The topological polar surface area (TPSA) is 54.0 Å². The second-order valence-electron chi connectivity index (χ2n) is 5.03. The Labute approximate surface area is 135 Å². The van der Waals surface area contributed by atoms with Crippen molar-refractivity contribution in [2.24, 2.45) is 0 Å². The molecule has 116 valence electrons. The van der Waals surface area contributed by atoms with E-state index in [1.807, 2.05) is 6.07 Å². The zero-order valence-electron chi connectivity index (χ0n) is 12.6. The van der Waals surface area contributed by atoms with Gasteiger partial charge in [0, 0.05) is 23.5 Å². The van der Waals surface area contributed by atoms with Gasteiger partial charge in [0.1, 0.15) is 5.82 Å². The lowest BCUT2D eigenvalue weighted by Crippen LogP contribution is -2.12. The Bertz CT molecular complexity index is 596. The molecule has 0 radical (unpaired) electrons. The number of benzene rings is 1. The van der Waals surface area contributed by atoms with E-state index in [1.54, 1.807) is 36.5 Å². The second-order valence-corrected chi connectivity index (χ2v) is 5.46. The Morgan fingerprint density at radius 2 is 1.91 bits per heavy atom. The van der Waals surface area contributed by atoms with E-state index in [-0.39, 0.29) is 5.91 Å². The van der Waals surface area contributed by atoms with Crippen molar-refractivity contribution in [1.29, 1.82) is 0 Å². The quantitative estimate of drug-likeness (QED) is 0.734. The van der Waals surface area contributed by atoms with Gasteiger partial charge in [-0.05, 0) is 42.8 Å². The van der Waals surface area contributed by atoms with Crippen LogP contribution in [0.15, 0.2) is 42.6 Å². The maximum Gasteiger partial charge on any atom is 0.257 e. The molecule has 0 aliphatic rings. The van der Waals surface area contributed by atoms with Gasteiger partial charge >= 0.3 is 0 Å². The summed E-state index contributed by atoms with van der Waals surface area (Å²) >= 11 is 5.81. The van der Waals surface area contributed by atoms with Crippen LogP contribution < -0.4 is 10.6 Å². The van der Waals surface area contributed by atoms with Gasteiger partial charge < -0.3 is 10.6 Å². The monoisotopic (exact) mass is 317 g/mol. The molecule has 0 unspecified atom stereocenters. The van der Waals surface area contributed by atoms with Crippen molar-refractivity contribution in [2.75, 3.05) is 17.2 Å². The lowest BCUT2D eigenvalue weighted by Gasteiger charge is -2.07. The number of rotatable bonds is 7. The number of unbranched alkanes of at least 4 members (excludes halogenated alkanes) is 2. The van der Waals surface area contributed by atoms with Crippen LogP contribution in [0, 0.1) is 0 Å². The molecule has 1 heterocycles. The maximum absolute atomic E-state index is 12.1. The van der Waals surface area contributed by atoms with E-state index in [2.05, 4.69) is 22.5 Å². The Balaban J connectivity index is 1.89. The largest absolute Gasteiger partial charge is 0.370 e. The molecular formula is C17H20ClN3O. The van der Waals surface area contributed by atoms with E-state index in [0.717, 1.165) is 18.8 Å². The number of amides is 1. The highest BCUT2D eigenvalue weighted by Crippen LogP contribution is 2.14. The highest BCUT2D eigenvalue weighted by atomic mass is 35.5. The van der Waals surface area contributed by atoms with Crippen LogP contribution in [0.25, 0.3) is 0 Å². The molecule has 2 rings (SSSR count). The van der Waals surface area contributed by atoms with Crippen LogP contribution in [0.1, 0.15) is 36.5 Å². The van der Waals surface area contributed by atoms with E-state index in [1.165, 1.54) is 12.8 Å². The number of nitrogens with zero attached hydrogens (tertiary/aromatic N) is 1. The fourth-order valence-electron chi connectivity index (χ4n) is 1.96. The van der Waals surface area contributed by atoms with E-state index in [0.29, 0.717) is 16.3 Å². The smallest absolute Gasteiger partial charge is 0.257 e.